The summed E-state index contributed by atoms with van der Waals surface area (Å²) in [5.74, 6) is 0.569. The van der Waals surface area contributed by atoms with Gasteiger partial charge >= 0.3 is 0 Å². The zero-order valence-corrected chi connectivity index (χ0v) is 22.0. The van der Waals surface area contributed by atoms with Crippen LogP contribution in [0.2, 0.25) is 0 Å². The smallest absolute Gasteiger partial charge is 0.244 e. The molecule has 1 saturated carbocycles. The van der Waals surface area contributed by atoms with Crippen molar-refractivity contribution in [2.45, 2.75) is 81.6 Å². The summed E-state index contributed by atoms with van der Waals surface area (Å²) < 4.78 is 0. The first-order valence-electron chi connectivity index (χ1n) is 14.2. The van der Waals surface area contributed by atoms with E-state index in [1.165, 1.54) is 12.8 Å². The van der Waals surface area contributed by atoms with Crippen LogP contribution in [0.25, 0.3) is 0 Å². The van der Waals surface area contributed by atoms with Crippen LogP contribution >= 0.6 is 0 Å². The van der Waals surface area contributed by atoms with Crippen LogP contribution in [0.4, 0.5) is 11.5 Å². The molecule has 6 rings (SSSR count). The van der Waals surface area contributed by atoms with E-state index >= 15 is 0 Å². The maximum absolute atomic E-state index is 13.4. The number of hydrogen-bond acceptors (Lipinski definition) is 5. The van der Waals surface area contributed by atoms with Crippen molar-refractivity contribution in [3.63, 3.8) is 0 Å². The van der Waals surface area contributed by atoms with Crippen molar-refractivity contribution in [2.75, 3.05) is 30.3 Å². The standard InChI is InChI=1S/C30H37N5O3/c36-25(19-35-26(37)9-3-6-14-31-20-29(35)12-4-1-2-5-13-29)33-23-11-10-21-17-30(18-22(21)16-23)24-8-7-15-32-27(24)34-28(30)38/h7-8,10-11,15-16,31H,1-6,9,12-14,17-20H2,(H,33,36)(H,32,34,38). The Morgan fingerprint density at radius 1 is 1.00 bits per heavy atom. The zero-order chi connectivity index (χ0) is 26.2. The molecule has 2 fully saturated rings. The number of fused-ring (bicyclic) bond motifs is 3. The fraction of sp³-hybridized carbons (Fsp3) is 0.533. The van der Waals surface area contributed by atoms with Gasteiger partial charge in [-0.15, -0.1) is 0 Å². The molecule has 2 aliphatic carbocycles. The second-order valence-corrected chi connectivity index (χ2v) is 11.6. The Labute approximate surface area is 224 Å². The molecule has 2 spiro atoms. The number of rotatable bonds is 3. The third-order valence-electron chi connectivity index (χ3n) is 9.12. The molecule has 2 aromatic rings. The van der Waals surface area contributed by atoms with Gasteiger partial charge in [-0.3, -0.25) is 14.4 Å². The number of amides is 3. The van der Waals surface area contributed by atoms with Crippen molar-refractivity contribution in [1.29, 1.82) is 0 Å². The molecule has 3 heterocycles. The first-order chi connectivity index (χ1) is 18.5. The van der Waals surface area contributed by atoms with E-state index in [1.54, 1.807) is 6.20 Å². The number of nitrogens with zero attached hydrogens (tertiary/aromatic N) is 2. The van der Waals surface area contributed by atoms with Crippen LogP contribution in [0.15, 0.2) is 36.5 Å². The average Bonchev–Trinajstić information content (AvgIpc) is 3.33. The van der Waals surface area contributed by atoms with E-state index in [2.05, 4.69) is 20.9 Å². The maximum atomic E-state index is 13.4. The molecule has 1 atom stereocenters. The fourth-order valence-electron chi connectivity index (χ4n) is 7.12. The molecule has 1 aromatic carbocycles. The highest BCUT2D eigenvalue weighted by Gasteiger charge is 2.51. The van der Waals surface area contributed by atoms with Crippen LogP contribution in [0.3, 0.4) is 0 Å². The highest BCUT2D eigenvalue weighted by molar-refractivity contribution is 6.06. The summed E-state index contributed by atoms with van der Waals surface area (Å²) in [4.78, 5) is 46.1. The molecule has 4 aliphatic rings. The van der Waals surface area contributed by atoms with E-state index in [0.717, 1.165) is 68.3 Å². The Morgan fingerprint density at radius 3 is 2.66 bits per heavy atom. The predicted molar refractivity (Wildman–Crippen MR) is 146 cm³/mol. The van der Waals surface area contributed by atoms with Gasteiger partial charge in [0, 0.05) is 30.4 Å². The minimum absolute atomic E-state index is 0.0122. The summed E-state index contributed by atoms with van der Waals surface area (Å²) in [6.45, 7) is 1.75. The van der Waals surface area contributed by atoms with Gasteiger partial charge in [0.15, 0.2) is 0 Å². The molecule has 3 N–H and O–H groups in total. The van der Waals surface area contributed by atoms with E-state index in [-0.39, 0.29) is 29.8 Å². The van der Waals surface area contributed by atoms with Crippen LogP contribution in [-0.4, -0.2) is 52.8 Å². The molecule has 38 heavy (non-hydrogen) atoms. The van der Waals surface area contributed by atoms with Gasteiger partial charge in [0.05, 0.1) is 11.0 Å². The summed E-state index contributed by atoms with van der Waals surface area (Å²) >= 11 is 0. The number of anilines is 2. The second-order valence-electron chi connectivity index (χ2n) is 11.6. The van der Waals surface area contributed by atoms with Crippen LogP contribution in [-0.2, 0) is 32.6 Å². The lowest BCUT2D eigenvalue weighted by atomic mass is 9.79. The van der Waals surface area contributed by atoms with E-state index in [1.807, 2.05) is 35.2 Å². The molecule has 0 bridgehead atoms. The van der Waals surface area contributed by atoms with Gasteiger partial charge in [-0.05, 0) is 74.4 Å². The quantitative estimate of drug-likeness (QED) is 0.578. The Bertz CT molecular complexity index is 1250. The molecule has 8 heteroatoms. The Balaban J connectivity index is 1.20. The van der Waals surface area contributed by atoms with Crippen LogP contribution in [0.1, 0.15) is 74.5 Å². The average molecular weight is 516 g/mol. The minimum Gasteiger partial charge on any atom is -0.326 e. The van der Waals surface area contributed by atoms with Crippen molar-refractivity contribution in [2.24, 2.45) is 0 Å². The Morgan fingerprint density at radius 2 is 1.82 bits per heavy atom. The van der Waals surface area contributed by atoms with Gasteiger partial charge in [-0.1, -0.05) is 37.8 Å². The summed E-state index contributed by atoms with van der Waals surface area (Å²) in [6, 6.07) is 9.78. The molecular weight excluding hydrogens is 478 g/mol. The summed E-state index contributed by atoms with van der Waals surface area (Å²) in [5.41, 5.74) is 2.91. The van der Waals surface area contributed by atoms with Crippen LogP contribution < -0.4 is 16.0 Å². The SMILES string of the molecule is O=C(CN1C(=O)CCCCNCC12CCCCCC2)Nc1ccc2c(c1)CC1(C2)C(=O)Nc2ncccc21. The van der Waals surface area contributed by atoms with Gasteiger partial charge in [0.1, 0.15) is 12.4 Å². The molecule has 200 valence electrons. The van der Waals surface area contributed by atoms with Crippen molar-refractivity contribution in [3.8, 4) is 0 Å². The lowest BCUT2D eigenvalue weighted by Gasteiger charge is -2.43. The number of hydrogen-bond donors (Lipinski definition) is 3. The van der Waals surface area contributed by atoms with Crippen molar-refractivity contribution < 1.29 is 14.4 Å². The zero-order valence-electron chi connectivity index (χ0n) is 22.0. The number of benzene rings is 1. The molecule has 2 aliphatic heterocycles. The van der Waals surface area contributed by atoms with E-state index in [9.17, 15) is 14.4 Å². The molecule has 0 radical (unpaired) electrons. The maximum Gasteiger partial charge on any atom is 0.244 e. The molecule has 8 nitrogen and oxygen atoms in total. The van der Waals surface area contributed by atoms with Gasteiger partial charge in [0.2, 0.25) is 17.7 Å². The molecule has 1 unspecified atom stereocenters. The van der Waals surface area contributed by atoms with Gasteiger partial charge < -0.3 is 20.9 Å². The topological polar surface area (TPSA) is 103 Å². The van der Waals surface area contributed by atoms with Gasteiger partial charge in [-0.25, -0.2) is 4.98 Å². The molecule has 3 amide bonds. The van der Waals surface area contributed by atoms with E-state index < -0.39 is 5.41 Å². The van der Waals surface area contributed by atoms with E-state index in [0.29, 0.717) is 30.8 Å². The molecular formula is C30H37N5O3. The summed E-state index contributed by atoms with van der Waals surface area (Å²) in [6.07, 6.45) is 11.7. The van der Waals surface area contributed by atoms with Crippen LogP contribution in [0.5, 0.6) is 0 Å². The molecule has 1 aromatic heterocycles. The number of aromatic nitrogens is 1. The van der Waals surface area contributed by atoms with Crippen molar-refractivity contribution in [3.05, 3.63) is 53.2 Å². The van der Waals surface area contributed by atoms with Crippen molar-refractivity contribution >= 4 is 29.2 Å². The third kappa shape index (κ3) is 4.49. The van der Waals surface area contributed by atoms with Gasteiger partial charge in [0.25, 0.3) is 0 Å². The minimum atomic E-state index is -0.636. The normalized spacial score (nSPS) is 24.7. The number of nitrogens with one attached hydrogen (secondary N) is 3. The lowest BCUT2D eigenvalue weighted by Crippen LogP contribution is -2.58. The monoisotopic (exact) mass is 515 g/mol. The number of carbonyl (C=O) groups is 3. The first kappa shape index (κ1) is 25.0. The lowest BCUT2D eigenvalue weighted by molar-refractivity contribution is -0.141. The Kier molecular flexibility index (Phi) is 6.68. The third-order valence-corrected chi connectivity index (χ3v) is 9.12. The van der Waals surface area contributed by atoms with E-state index in [4.69, 9.17) is 0 Å². The fourth-order valence-corrected chi connectivity index (χ4v) is 7.12. The summed E-state index contributed by atoms with van der Waals surface area (Å²) in [5, 5.41) is 9.61. The Hall–Kier alpha value is -3.26. The predicted octanol–water partition coefficient (Wildman–Crippen LogP) is 3.70. The second kappa shape index (κ2) is 10.1. The highest BCUT2D eigenvalue weighted by Crippen LogP contribution is 2.47. The largest absolute Gasteiger partial charge is 0.326 e. The summed E-state index contributed by atoms with van der Waals surface area (Å²) in [7, 11) is 0. The number of pyridine rings is 1. The van der Waals surface area contributed by atoms with Crippen LogP contribution in [0, 0.1) is 0 Å². The highest BCUT2D eigenvalue weighted by atomic mass is 16.2. The molecule has 1 saturated heterocycles. The van der Waals surface area contributed by atoms with Crippen molar-refractivity contribution in [1.82, 2.24) is 15.2 Å². The first-order valence-corrected chi connectivity index (χ1v) is 14.2. The number of carbonyl (C=O) groups excluding carboxylic acids is 3. The van der Waals surface area contributed by atoms with Gasteiger partial charge in [-0.2, -0.15) is 0 Å².